The molecule has 1 N–H and O–H groups in total. The van der Waals surface area contributed by atoms with Gasteiger partial charge in [0.1, 0.15) is 6.07 Å². The van der Waals surface area contributed by atoms with E-state index in [0.29, 0.717) is 5.82 Å². The van der Waals surface area contributed by atoms with Gasteiger partial charge in [-0.25, -0.2) is 4.98 Å². The van der Waals surface area contributed by atoms with Crippen LogP contribution in [0.25, 0.3) is 11.3 Å². The second-order valence-corrected chi connectivity index (χ2v) is 2.50. The lowest BCUT2D eigenvalue weighted by Gasteiger charge is -1.92. The van der Waals surface area contributed by atoms with Crippen molar-refractivity contribution in [1.29, 1.82) is 5.26 Å². The molecule has 0 aliphatic carbocycles. The summed E-state index contributed by atoms with van der Waals surface area (Å²) < 4.78 is 0. The van der Waals surface area contributed by atoms with E-state index in [-0.39, 0.29) is 0 Å². The zero-order valence-corrected chi connectivity index (χ0v) is 6.73. The number of aromatic nitrogens is 3. The van der Waals surface area contributed by atoms with Gasteiger partial charge in [-0.2, -0.15) is 5.26 Å². The van der Waals surface area contributed by atoms with E-state index in [2.05, 4.69) is 15.0 Å². The van der Waals surface area contributed by atoms with Crippen LogP contribution in [0.5, 0.6) is 0 Å². The predicted molar refractivity (Wildman–Crippen MR) is 46.5 cm³/mol. The highest BCUT2D eigenvalue weighted by molar-refractivity contribution is 5.57. The molecular weight excluding hydrogens is 164 g/mol. The molecule has 0 fully saturated rings. The Bertz CT molecular complexity index is 438. The Morgan fingerprint density at radius 1 is 1.38 bits per heavy atom. The molecule has 0 bridgehead atoms. The van der Waals surface area contributed by atoms with Crippen LogP contribution >= 0.6 is 0 Å². The molecule has 4 heteroatoms. The number of hydrogen-bond donors (Lipinski definition) is 1. The van der Waals surface area contributed by atoms with E-state index in [1.165, 1.54) is 0 Å². The minimum atomic E-state index is 0.318. The van der Waals surface area contributed by atoms with Crippen molar-refractivity contribution < 1.29 is 0 Å². The minimum Gasteiger partial charge on any atom is -0.329 e. The van der Waals surface area contributed by atoms with Crippen LogP contribution in [0.2, 0.25) is 0 Å². The molecule has 2 rings (SSSR count). The molecule has 62 valence electrons. The highest BCUT2D eigenvalue weighted by Crippen LogP contribution is 2.14. The van der Waals surface area contributed by atoms with Crippen LogP contribution in [0.4, 0.5) is 0 Å². The first-order valence-electron chi connectivity index (χ1n) is 3.75. The summed E-state index contributed by atoms with van der Waals surface area (Å²) in [5.41, 5.74) is 1.74. The molecule has 13 heavy (non-hydrogen) atoms. The SMILES string of the molecule is N#Cc1ncc(-c2cccnc2)[nH]1. The molecule has 0 aliphatic heterocycles. The average molecular weight is 170 g/mol. The Kier molecular flexibility index (Phi) is 1.77. The van der Waals surface area contributed by atoms with Crippen LogP contribution in [0.1, 0.15) is 5.82 Å². The number of pyridine rings is 1. The highest BCUT2D eigenvalue weighted by Gasteiger charge is 2.00. The summed E-state index contributed by atoms with van der Waals surface area (Å²) in [5, 5.41) is 8.54. The van der Waals surface area contributed by atoms with Crippen molar-refractivity contribution in [3.63, 3.8) is 0 Å². The molecule has 0 spiro atoms. The molecule has 2 aromatic rings. The maximum atomic E-state index is 8.54. The lowest BCUT2D eigenvalue weighted by Crippen LogP contribution is -1.79. The van der Waals surface area contributed by atoms with Crippen LogP contribution in [0.15, 0.2) is 30.7 Å². The van der Waals surface area contributed by atoms with Crippen molar-refractivity contribution in [1.82, 2.24) is 15.0 Å². The molecular formula is C9H6N4. The maximum absolute atomic E-state index is 8.54. The number of rotatable bonds is 1. The van der Waals surface area contributed by atoms with Crippen LogP contribution in [0, 0.1) is 11.3 Å². The number of nitrogens with one attached hydrogen (secondary N) is 1. The number of hydrogen-bond acceptors (Lipinski definition) is 3. The third kappa shape index (κ3) is 1.40. The van der Waals surface area contributed by atoms with Gasteiger partial charge in [0, 0.05) is 18.0 Å². The van der Waals surface area contributed by atoms with Crippen molar-refractivity contribution in [2.45, 2.75) is 0 Å². The summed E-state index contributed by atoms with van der Waals surface area (Å²) in [5.74, 6) is 0.318. The molecule has 2 heterocycles. The van der Waals surface area contributed by atoms with Crippen molar-refractivity contribution >= 4 is 0 Å². The molecule has 0 aromatic carbocycles. The fraction of sp³-hybridized carbons (Fsp3) is 0. The van der Waals surface area contributed by atoms with Gasteiger partial charge in [-0.05, 0) is 12.1 Å². The van der Waals surface area contributed by atoms with Crippen molar-refractivity contribution in [2.24, 2.45) is 0 Å². The summed E-state index contributed by atoms with van der Waals surface area (Å²) in [6.45, 7) is 0. The number of imidazole rings is 1. The monoisotopic (exact) mass is 170 g/mol. The third-order valence-corrected chi connectivity index (χ3v) is 1.65. The lowest BCUT2D eigenvalue weighted by molar-refractivity contribution is 1.22. The van der Waals surface area contributed by atoms with E-state index in [1.807, 2.05) is 18.2 Å². The topological polar surface area (TPSA) is 65.4 Å². The molecule has 0 unspecified atom stereocenters. The summed E-state index contributed by atoms with van der Waals surface area (Å²) in [7, 11) is 0. The third-order valence-electron chi connectivity index (χ3n) is 1.65. The molecule has 0 radical (unpaired) electrons. The molecule has 4 nitrogen and oxygen atoms in total. The van der Waals surface area contributed by atoms with Crippen LogP contribution in [-0.2, 0) is 0 Å². The molecule has 0 aliphatic rings. The second-order valence-electron chi connectivity index (χ2n) is 2.50. The average Bonchev–Trinajstić information content (AvgIpc) is 2.67. The Hall–Kier alpha value is -2.15. The fourth-order valence-electron chi connectivity index (χ4n) is 1.05. The van der Waals surface area contributed by atoms with E-state index < -0.39 is 0 Å². The first-order valence-corrected chi connectivity index (χ1v) is 3.75. The summed E-state index contributed by atoms with van der Waals surface area (Å²) >= 11 is 0. The fourth-order valence-corrected chi connectivity index (χ4v) is 1.05. The van der Waals surface area contributed by atoms with Gasteiger partial charge in [-0.1, -0.05) is 0 Å². The van der Waals surface area contributed by atoms with E-state index in [1.54, 1.807) is 18.6 Å². The Morgan fingerprint density at radius 3 is 2.92 bits per heavy atom. The van der Waals surface area contributed by atoms with Gasteiger partial charge < -0.3 is 4.98 Å². The Morgan fingerprint density at radius 2 is 2.31 bits per heavy atom. The quantitative estimate of drug-likeness (QED) is 0.702. The first kappa shape index (κ1) is 7.50. The number of nitrogens with zero attached hydrogens (tertiary/aromatic N) is 3. The Labute approximate surface area is 74.9 Å². The molecule has 0 atom stereocenters. The van der Waals surface area contributed by atoms with Gasteiger partial charge in [0.2, 0.25) is 5.82 Å². The predicted octanol–water partition coefficient (Wildman–Crippen LogP) is 1.34. The minimum absolute atomic E-state index is 0.318. The molecule has 0 saturated heterocycles. The number of aromatic amines is 1. The van der Waals surface area contributed by atoms with Gasteiger partial charge in [0.05, 0.1) is 11.9 Å². The lowest BCUT2D eigenvalue weighted by atomic mass is 10.2. The van der Waals surface area contributed by atoms with Gasteiger partial charge in [0.15, 0.2) is 0 Å². The van der Waals surface area contributed by atoms with Gasteiger partial charge in [-0.15, -0.1) is 0 Å². The van der Waals surface area contributed by atoms with E-state index in [0.717, 1.165) is 11.3 Å². The summed E-state index contributed by atoms with van der Waals surface area (Å²) in [6.07, 6.45) is 5.04. The first-order chi connectivity index (χ1) is 6.40. The van der Waals surface area contributed by atoms with Crippen LogP contribution in [0.3, 0.4) is 0 Å². The molecule has 2 aromatic heterocycles. The van der Waals surface area contributed by atoms with Gasteiger partial charge in [0.25, 0.3) is 0 Å². The Balaban J connectivity index is 2.43. The normalized spacial score (nSPS) is 9.46. The van der Waals surface area contributed by atoms with Gasteiger partial charge in [-0.3, -0.25) is 4.98 Å². The zero-order chi connectivity index (χ0) is 9.10. The van der Waals surface area contributed by atoms with E-state index >= 15 is 0 Å². The second kappa shape index (κ2) is 3.07. The van der Waals surface area contributed by atoms with Crippen molar-refractivity contribution in [3.05, 3.63) is 36.5 Å². The summed E-state index contributed by atoms with van der Waals surface area (Å²) in [4.78, 5) is 10.7. The number of nitriles is 1. The highest BCUT2D eigenvalue weighted by atomic mass is 14.9. The largest absolute Gasteiger partial charge is 0.329 e. The van der Waals surface area contributed by atoms with Crippen molar-refractivity contribution in [2.75, 3.05) is 0 Å². The van der Waals surface area contributed by atoms with E-state index in [4.69, 9.17) is 5.26 Å². The number of H-pyrrole nitrogens is 1. The van der Waals surface area contributed by atoms with Crippen LogP contribution in [-0.4, -0.2) is 15.0 Å². The maximum Gasteiger partial charge on any atom is 0.210 e. The smallest absolute Gasteiger partial charge is 0.210 e. The molecule has 0 saturated carbocycles. The van der Waals surface area contributed by atoms with Crippen LogP contribution < -0.4 is 0 Å². The van der Waals surface area contributed by atoms with Crippen molar-refractivity contribution in [3.8, 4) is 17.3 Å². The van der Waals surface area contributed by atoms with Gasteiger partial charge >= 0.3 is 0 Å². The summed E-state index contributed by atoms with van der Waals surface area (Å²) in [6, 6.07) is 5.67. The van der Waals surface area contributed by atoms with E-state index in [9.17, 15) is 0 Å². The standard InChI is InChI=1S/C9H6N4/c10-4-9-12-6-8(13-9)7-2-1-3-11-5-7/h1-3,5-6H,(H,12,13). The molecule has 0 amide bonds. The zero-order valence-electron chi connectivity index (χ0n) is 6.73.